The summed E-state index contributed by atoms with van der Waals surface area (Å²) in [6.45, 7) is 0. The second-order valence-electron chi connectivity index (χ2n) is 12.0. The fraction of sp³-hybridized carbons (Fsp3) is 0. The highest BCUT2D eigenvalue weighted by Crippen LogP contribution is 2.46. The smallest absolute Gasteiger partial charge is 0.0434 e. The van der Waals surface area contributed by atoms with E-state index in [0.29, 0.717) is 0 Å². The molecule has 0 spiro atoms. The Kier molecular flexibility index (Phi) is 5.25. The molecule has 208 valence electrons. The molecule has 0 bridgehead atoms. The molecule has 0 fully saturated rings. The minimum Gasteiger partial charge on any atom is -0.135 e. The van der Waals surface area contributed by atoms with Gasteiger partial charge in [-0.3, -0.25) is 0 Å². The highest BCUT2D eigenvalue weighted by atomic mass is 32.1. The lowest BCUT2D eigenvalue weighted by Crippen LogP contribution is -1.90. The van der Waals surface area contributed by atoms with Gasteiger partial charge in [0.25, 0.3) is 0 Å². The van der Waals surface area contributed by atoms with E-state index in [1.54, 1.807) is 0 Å². The van der Waals surface area contributed by atoms with Crippen molar-refractivity contribution in [3.05, 3.63) is 158 Å². The van der Waals surface area contributed by atoms with Crippen LogP contribution in [0.2, 0.25) is 0 Å². The Morgan fingerprint density at radius 2 is 0.756 bits per heavy atom. The average molecular weight is 587 g/mol. The highest BCUT2D eigenvalue weighted by Gasteiger charge is 2.18. The van der Waals surface area contributed by atoms with E-state index in [4.69, 9.17) is 0 Å². The first-order chi connectivity index (χ1) is 22.3. The molecule has 1 heterocycles. The standard InChI is InChI=1S/C44H26S/c1-2-13-29-24-43-42(23-28(29)12-1)37-22-10-21-36(44(37)45-43)39-26-41-34-18-7-5-16-32(34)38(25-40(41)35-19-8-6-17-33(35)39)31-20-9-14-27-11-3-4-15-30(27)31/h1-26H. The molecule has 10 aromatic rings. The molecule has 0 unspecified atom stereocenters. The van der Waals surface area contributed by atoms with E-state index in [9.17, 15) is 0 Å². The normalized spacial score (nSPS) is 12.0. The highest BCUT2D eigenvalue weighted by molar-refractivity contribution is 7.26. The van der Waals surface area contributed by atoms with Gasteiger partial charge in [-0.05, 0) is 94.8 Å². The fourth-order valence-corrected chi connectivity index (χ4v) is 8.81. The second kappa shape index (κ2) is 9.50. The summed E-state index contributed by atoms with van der Waals surface area (Å²) in [5.41, 5.74) is 5.16. The van der Waals surface area contributed by atoms with Crippen molar-refractivity contribution in [1.29, 1.82) is 0 Å². The third-order valence-electron chi connectivity index (χ3n) is 9.62. The van der Waals surface area contributed by atoms with Gasteiger partial charge in [0.05, 0.1) is 0 Å². The van der Waals surface area contributed by atoms with Crippen LogP contribution in [-0.2, 0) is 0 Å². The summed E-state index contributed by atoms with van der Waals surface area (Å²) >= 11 is 1.92. The van der Waals surface area contributed by atoms with Crippen molar-refractivity contribution in [3.63, 3.8) is 0 Å². The minimum absolute atomic E-state index is 1.27. The molecule has 0 amide bonds. The molecule has 0 saturated carbocycles. The van der Waals surface area contributed by atoms with Gasteiger partial charge in [-0.25, -0.2) is 0 Å². The Labute approximate surface area is 264 Å². The Hall–Kier alpha value is -5.50. The molecule has 10 rings (SSSR count). The van der Waals surface area contributed by atoms with Gasteiger partial charge in [0.15, 0.2) is 0 Å². The quantitative estimate of drug-likeness (QED) is 0.177. The first-order valence-corrected chi connectivity index (χ1v) is 16.3. The molecule has 0 N–H and O–H groups in total. The van der Waals surface area contributed by atoms with Crippen molar-refractivity contribution in [1.82, 2.24) is 0 Å². The van der Waals surface area contributed by atoms with Gasteiger partial charge in [0, 0.05) is 25.7 Å². The van der Waals surface area contributed by atoms with Crippen LogP contribution in [0.3, 0.4) is 0 Å². The number of rotatable bonds is 2. The first-order valence-electron chi connectivity index (χ1n) is 15.5. The van der Waals surface area contributed by atoms with Gasteiger partial charge in [-0.2, -0.15) is 0 Å². The van der Waals surface area contributed by atoms with Gasteiger partial charge < -0.3 is 0 Å². The van der Waals surface area contributed by atoms with Crippen LogP contribution in [0.25, 0.3) is 96.3 Å². The van der Waals surface area contributed by atoms with Crippen LogP contribution in [-0.4, -0.2) is 0 Å². The summed E-state index contributed by atoms with van der Waals surface area (Å²) in [5, 5.41) is 15.6. The summed E-state index contributed by atoms with van der Waals surface area (Å²) < 4.78 is 2.69. The molecule has 9 aromatic carbocycles. The Morgan fingerprint density at radius 1 is 0.267 bits per heavy atom. The van der Waals surface area contributed by atoms with E-state index in [-0.39, 0.29) is 0 Å². The van der Waals surface area contributed by atoms with Gasteiger partial charge >= 0.3 is 0 Å². The summed E-state index contributed by atoms with van der Waals surface area (Å²) in [5.74, 6) is 0. The largest absolute Gasteiger partial charge is 0.135 e. The lowest BCUT2D eigenvalue weighted by molar-refractivity contribution is 1.70. The van der Waals surface area contributed by atoms with Crippen molar-refractivity contribution in [2.75, 3.05) is 0 Å². The summed E-state index contributed by atoms with van der Waals surface area (Å²) in [6, 6.07) is 58.5. The van der Waals surface area contributed by atoms with Crippen molar-refractivity contribution in [2.24, 2.45) is 0 Å². The van der Waals surface area contributed by atoms with Gasteiger partial charge in [0.1, 0.15) is 0 Å². The van der Waals surface area contributed by atoms with Gasteiger partial charge in [-0.15, -0.1) is 11.3 Å². The lowest BCUT2D eigenvalue weighted by Gasteiger charge is -2.17. The van der Waals surface area contributed by atoms with Crippen LogP contribution >= 0.6 is 11.3 Å². The lowest BCUT2D eigenvalue weighted by atomic mass is 9.86. The Bertz CT molecular complexity index is 2810. The predicted molar refractivity (Wildman–Crippen MR) is 198 cm³/mol. The summed E-state index contributed by atoms with van der Waals surface area (Å²) in [7, 11) is 0. The fourth-order valence-electron chi connectivity index (χ4n) is 7.55. The zero-order valence-corrected chi connectivity index (χ0v) is 25.2. The van der Waals surface area contributed by atoms with Crippen molar-refractivity contribution in [3.8, 4) is 22.3 Å². The second-order valence-corrected chi connectivity index (χ2v) is 13.1. The number of hydrogen-bond acceptors (Lipinski definition) is 1. The number of benzene rings is 9. The minimum atomic E-state index is 1.27. The summed E-state index contributed by atoms with van der Waals surface area (Å²) in [4.78, 5) is 0. The predicted octanol–water partition coefficient (Wildman–Crippen LogP) is 13.2. The van der Waals surface area contributed by atoms with Crippen LogP contribution in [0, 0.1) is 0 Å². The topological polar surface area (TPSA) is 0 Å². The molecule has 0 radical (unpaired) electrons. The van der Waals surface area contributed by atoms with E-state index >= 15 is 0 Å². The molecule has 45 heavy (non-hydrogen) atoms. The number of fused-ring (bicyclic) bond motifs is 10. The molecule has 0 aliphatic rings. The van der Waals surface area contributed by atoms with Crippen molar-refractivity contribution in [2.45, 2.75) is 0 Å². The maximum Gasteiger partial charge on any atom is 0.0434 e. The molecule has 0 saturated heterocycles. The zero-order chi connectivity index (χ0) is 29.5. The zero-order valence-electron chi connectivity index (χ0n) is 24.4. The number of thiophene rings is 1. The molecule has 0 aliphatic carbocycles. The Balaban J connectivity index is 1.32. The molecule has 1 aromatic heterocycles. The van der Waals surface area contributed by atoms with Gasteiger partial charge in [-0.1, -0.05) is 133 Å². The average Bonchev–Trinajstić information content (AvgIpc) is 3.47. The molecule has 1 heteroatoms. The third-order valence-corrected chi connectivity index (χ3v) is 10.8. The van der Waals surface area contributed by atoms with Crippen molar-refractivity contribution >= 4 is 85.4 Å². The number of hydrogen-bond donors (Lipinski definition) is 0. The molecule has 0 atom stereocenters. The summed E-state index contributed by atoms with van der Waals surface area (Å²) in [6.07, 6.45) is 0. The SMILES string of the molecule is c1ccc2cc3c(cc2c1)sc1c(-c2cc4c5ccccc5c(-c5cccc6ccccc56)cc4c4ccccc24)cccc13. The van der Waals surface area contributed by atoms with E-state index in [2.05, 4.69) is 158 Å². The molecular formula is C44H26S. The van der Waals surface area contributed by atoms with E-state index in [1.807, 2.05) is 11.3 Å². The molecular weight excluding hydrogens is 561 g/mol. The van der Waals surface area contributed by atoms with Crippen molar-refractivity contribution < 1.29 is 0 Å². The van der Waals surface area contributed by atoms with Crippen LogP contribution < -0.4 is 0 Å². The third kappa shape index (κ3) is 3.65. The van der Waals surface area contributed by atoms with Crippen LogP contribution in [0.4, 0.5) is 0 Å². The maximum atomic E-state index is 2.46. The monoisotopic (exact) mass is 586 g/mol. The van der Waals surface area contributed by atoms with E-state index < -0.39 is 0 Å². The maximum absolute atomic E-state index is 2.46. The molecule has 0 aliphatic heterocycles. The van der Waals surface area contributed by atoms with Crippen LogP contribution in [0.15, 0.2) is 158 Å². The first kappa shape index (κ1) is 24.9. The van der Waals surface area contributed by atoms with Crippen LogP contribution in [0.1, 0.15) is 0 Å². The van der Waals surface area contributed by atoms with Gasteiger partial charge in [0.2, 0.25) is 0 Å². The molecule has 0 nitrogen and oxygen atoms in total. The Morgan fingerprint density at radius 3 is 1.47 bits per heavy atom. The van der Waals surface area contributed by atoms with E-state index in [0.717, 1.165) is 0 Å². The van der Waals surface area contributed by atoms with E-state index in [1.165, 1.54) is 96.3 Å². The van der Waals surface area contributed by atoms with Crippen LogP contribution in [0.5, 0.6) is 0 Å².